The minimum absolute atomic E-state index is 0.0210. The van der Waals surface area contributed by atoms with Crippen LogP contribution in [-0.2, 0) is 0 Å². The third kappa shape index (κ3) is 21.0. The number of aliphatic hydroxyl groups is 2. The van der Waals surface area contributed by atoms with E-state index in [1.54, 1.807) is 6.92 Å². The van der Waals surface area contributed by atoms with Gasteiger partial charge < -0.3 is 31.5 Å². The fourth-order valence-electron chi connectivity index (χ4n) is 4.71. The minimum atomic E-state index is -2.64. The number of aliphatic hydroxyl groups excluding tert-OH is 2. The number of hydrogen-bond donors (Lipinski definition) is 6. The number of likely N-dealkylation sites (N-methyl/N-ethyl adjacent to an activating group) is 1. The van der Waals surface area contributed by atoms with Crippen LogP contribution in [0.5, 0.6) is 0 Å². The van der Waals surface area contributed by atoms with Crippen molar-refractivity contribution in [1.82, 2.24) is 26.2 Å². The molecule has 0 aliphatic heterocycles. The summed E-state index contributed by atoms with van der Waals surface area (Å²) in [5, 5.41) is 33.6. The number of rotatable bonds is 27. The third-order valence-electron chi connectivity index (χ3n) is 7.66. The van der Waals surface area contributed by atoms with Crippen molar-refractivity contribution >= 4 is 0 Å². The first-order valence-electron chi connectivity index (χ1n) is 15.7. The summed E-state index contributed by atoms with van der Waals surface area (Å²) in [6.07, 6.45) is 5.73. The molecule has 39 heavy (non-hydrogen) atoms. The lowest BCUT2D eigenvalue weighted by Gasteiger charge is -2.32. The Morgan fingerprint density at radius 3 is 2.05 bits per heavy atom. The number of nitrogens with one attached hydrogen (secondary N) is 4. The van der Waals surface area contributed by atoms with Gasteiger partial charge in [0.15, 0.2) is 0 Å². The maximum absolute atomic E-state index is 14.6. The van der Waals surface area contributed by atoms with Gasteiger partial charge in [-0.05, 0) is 38.6 Å². The first-order valence-corrected chi connectivity index (χ1v) is 15.7. The van der Waals surface area contributed by atoms with E-state index < -0.39 is 12.0 Å². The molecule has 0 aromatic carbocycles. The van der Waals surface area contributed by atoms with Crippen molar-refractivity contribution in [2.75, 3.05) is 59.4 Å². The molecule has 4 unspecified atom stereocenters. The van der Waals surface area contributed by atoms with Crippen molar-refractivity contribution in [3.05, 3.63) is 0 Å². The molecule has 0 saturated carbocycles. The number of unbranched alkanes of at least 4 members (excludes halogenated alkanes) is 4. The van der Waals surface area contributed by atoms with Crippen molar-refractivity contribution in [2.24, 2.45) is 11.8 Å². The van der Waals surface area contributed by atoms with Gasteiger partial charge in [0.05, 0.1) is 18.8 Å². The van der Waals surface area contributed by atoms with Crippen LogP contribution < -0.4 is 21.3 Å². The molecule has 0 bridgehead atoms. The molecule has 0 fully saturated rings. The molecule has 5 atom stereocenters. The normalized spacial score (nSPS) is 16.5. The fraction of sp³-hybridized carbons (Fsp3) is 1.00. The Bertz CT molecular complexity index is 557. The molecule has 7 nitrogen and oxygen atoms in total. The zero-order chi connectivity index (χ0) is 29.7. The Morgan fingerprint density at radius 1 is 0.795 bits per heavy atom. The van der Waals surface area contributed by atoms with Gasteiger partial charge in [-0.1, -0.05) is 66.7 Å². The Labute approximate surface area is 239 Å². The highest BCUT2D eigenvalue weighted by molar-refractivity contribution is 4.80. The van der Waals surface area contributed by atoms with Gasteiger partial charge in [0.1, 0.15) is 0 Å². The zero-order valence-corrected chi connectivity index (χ0v) is 26.4. The molecule has 236 valence electrons. The molecule has 0 saturated heterocycles. The molecule has 6 N–H and O–H groups in total. The molecule has 0 aromatic rings. The van der Waals surface area contributed by atoms with Gasteiger partial charge in [-0.25, -0.2) is 8.78 Å². The van der Waals surface area contributed by atoms with E-state index in [0.717, 1.165) is 64.7 Å². The Balaban J connectivity index is 4.24. The van der Waals surface area contributed by atoms with Crippen LogP contribution in [0.1, 0.15) is 92.9 Å². The third-order valence-corrected chi connectivity index (χ3v) is 7.66. The second-order valence-electron chi connectivity index (χ2n) is 12.1. The van der Waals surface area contributed by atoms with Gasteiger partial charge in [-0.2, -0.15) is 0 Å². The lowest BCUT2D eigenvalue weighted by Crippen LogP contribution is -2.49. The van der Waals surface area contributed by atoms with E-state index in [2.05, 4.69) is 49.0 Å². The van der Waals surface area contributed by atoms with Crippen LogP contribution in [0.3, 0.4) is 0 Å². The minimum Gasteiger partial charge on any atom is -0.392 e. The summed E-state index contributed by atoms with van der Waals surface area (Å²) in [4.78, 5) is 1.85. The summed E-state index contributed by atoms with van der Waals surface area (Å²) in [6, 6.07) is -0.00776. The Hall–Kier alpha value is -0.420. The van der Waals surface area contributed by atoms with Crippen LogP contribution in [0.25, 0.3) is 0 Å². The molecule has 0 radical (unpaired) electrons. The second-order valence-corrected chi connectivity index (χ2v) is 12.1. The topological polar surface area (TPSA) is 91.8 Å². The molecule has 0 aromatic heterocycles. The van der Waals surface area contributed by atoms with Crippen LogP contribution >= 0.6 is 0 Å². The maximum Gasteiger partial charge on any atom is 0.260 e. The summed E-state index contributed by atoms with van der Waals surface area (Å²) < 4.78 is 29.2. The van der Waals surface area contributed by atoms with Crippen LogP contribution in [0.4, 0.5) is 8.78 Å². The highest BCUT2D eigenvalue weighted by atomic mass is 19.3. The monoisotopic (exact) mass is 566 g/mol. The van der Waals surface area contributed by atoms with Crippen LogP contribution in [0.15, 0.2) is 0 Å². The van der Waals surface area contributed by atoms with Crippen molar-refractivity contribution in [3.63, 3.8) is 0 Å². The SMILES string of the molecule is CCCCCCCC(F)(F)CN(C)C(CNCCNCCNC(CNCC(O)C(C)CC)[C@H](C)O)CC(C)C. The van der Waals surface area contributed by atoms with E-state index in [-0.39, 0.29) is 37.1 Å². The van der Waals surface area contributed by atoms with E-state index in [1.165, 1.54) is 0 Å². The van der Waals surface area contributed by atoms with E-state index in [9.17, 15) is 19.0 Å². The molecule has 0 heterocycles. The average molecular weight is 566 g/mol. The first-order chi connectivity index (χ1) is 18.4. The van der Waals surface area contributed by atoms with Crippen LogP contribution in [-0.4, -0.2) is 105 Å². The maximum atomic E-state index is 14.6. The van der Waals surface area contributed by atoms with Crippen molar-refractivity contribution in [3.8, 4) is 0 Å². The molecule has 0 aliphatic rings. The quantitative estimate of drug-likeness (QED) is 0.0844. The van der Waals surface area contributed by atoms with Gasteiger partial charge >= 0.3 is 0 Å². The van der Waals surface area contributed by atoms with Crippen molar-refractivity contribution in [1.29, 1.82) is 0 Å². The second kappa shape index (κ2) is 23.2. The Morgan fingerprint density at radius 2 is 1.44 bits per heavy atom. The lowest BCUT2D eigenvalue weighted by molar-refractivity contribution is -0.0454. The summed E-state index contributed by atoms with van der Waals surface area (Å²) in [5.74, 6) is -1.95. The van der Waals surface area contributed by atoms with Crippen LogP contribution in [0, 0.1) is 11.8 Å². The smallest absolute Gasteiger partial charge is 0.260 e. The van der Waals surface area contributed by atoms with Gasteiger partial charge in [0.25, 0.3) is 5.92 Å². The van der Waals surface area contributed by atoms with E-state index in [4.69, 9.17) is 0 Å². The number of nitrogens with zero attached hydrogens (tertiary/aromatic N) is 1. The van der Waals surface area contributed by atoms with Gasteiger partial charge in [0.2, 0.25) is 0 Å². The van der Waals surface area contributed by atoms with E-state index >= 15 is 0 Å². The fourth-order valence-corrected chi connectivity index (χ4v) is 4.71. The molecule has 0 amide bonds. The van der Waals surface area contributed by atoms with E-state index in [1.807, 2.05) is 18.9 Å². The molecular weight excluding hydrogens is 500 g/mol. The highest BCUT2D eigenvalue weighted by Crippen LogP contribution is 2.25. The molecule has 0 spiro atoms. The standard InChI is InChI=1S/C30H65F2N5O2/c1-8-10-11-12-13-14-30(31,32)23-37(7)27(19-24(3)4)20-34-16-15-33-17-18-36-28(26(6)38)21-35-22-29(39)25(5)9-2/h24-29,33-36,38-39H,8-23H2,1-7H3/t25?,26-,27?,28?,29?/m0/s1. The average Bonchev–Trinajstić information content (AvgIpc) is 2.86. The molecule has 0 rings (SSSR count). The molecule has 0 aliphatic carbocycles. The van der Waals surface area contributed by atoms with Gasteiger partial charge in [-0.3, -0.25) is 4.90 Å². The molecule has 9 heteroatoms. The van der Waals surface area contributed by atoms with Crippen molar-refractivity contribution < 1.29 is 19.0 Å². The van der Waals surface area contributed by atoms with Crippen molar-refractivity contribution in [2.45, 2.75) is 123 Å². The number of halogens is 2. The number of alkyl halides is 2. The molecular formula is C30H65F2N5O2. The predicted octanol–water partition coefficient (Wildman–Crippen LogP) is 3.84. The first kappa shape index (κ1) is 38.6. The number of hydrogen-bond acceptors (Lipinski definition) is 7. The van der Waals surface area contributed by atoms with Gasteiger partial charge in [0, 0.05) is 64.3 Å². The Kier molecular flexibility index (Phi) is 22.9. The summed E-state index contributed by atoms with van der Waals surface area (Å²) in [5.41, 5.74) is 0. The van der Waals surface area contributed by atoms with Gasteiger partial charge in [-0.15, -0.1) is 0 Å². The van der Waals surface area contributed by atoms with Crippen LogP contribution in [0.2, 0.25) is 0 Å². The summed E-state index contributed by atoms with van der Waals surface area (Å²) >= 11 is 0. The van der Waals surface area contributed by atoms with E-state index in [0.29, 0.717) is 32.0 Å². The highest BCUT2D eigenvalue weighted by Gasteiger charge is 2.32. The summed E-state index contributed by atoms with van der Waals surface area (Å²) in [6.45, 7) is 17.0. The largest absolute Gasteiger partial charge is 0.392 e. The predicted molar refractivity (Wildman–Crippen MR) is 162 cm³/mol. The summed E-state index contributed by atoms with van der Waals surface area (Å²) in [7, 11) is 1.84. The zero-order valence-electron chi connectivity index (χ0n) is 26.4. The lowest BCUT2D eigenvalue weighted by atomic mass is 10.0.